The highest BCUT2D eigenvalue weighted by Gasteiger charge is 2.31. The maximum absolute atomic E-state index is 13.0. The van der Waals surface area contributed by atoms with Gasteiger partial charge in [-0.1, -0.05) is 12.1 Å². The van der Waals surface area contributed by atoms with Crippen molar-refractivity contribution in [1.82, 2.24) is 19.2 Å². The molecule has 1 fully saturated rings. The summed E-state index contributed by atoms with van der Waals surface area (Å²) in [4.78, 5) is 21.9. The number of thiazole rings is 1. The lowest BCUT2D eigenvalue weighted by Gasteiger charge is -2.20. The summed E-state index contributed by atoms with van der Waals surface area (Å²) in [6.45, 7) is 1.35. The first-order valence-electron chi connectivity index (χ1n) is 8.84. The Morgan fingerprint density at radius 3 is 2.79 bits per heavy atom. The summed E-state index contributed by atoms with van der Waals surface area (Å²) in [6, 6.07) is 5.40. The van der Waals surface area contributed by atoms with Crippen LogP contribution in [-0.4, -0.2) is 58.3 Å². The second kappa shape index (κ2) is 6.89. The number of aromatic nitrogens is 2. The number of benzene rings is 1. The zero-order chi connectivity index (χ0) is 20.1. The van der Waals surface area contributed by atoms with Crippen LogP contribution in [0, 0.1) is 0 Å². The molecule has 1 amide bonds. The number of fused-ring (bicyclic) bond motifs is 1. The molecule has 0 spiro atoms. The largest absolute Gasteiger partial charge is 0.416 e. The Labute approximate surface area is 164 Å². The number of imidazole rings is 1. The van der Waals surface area contributed by atoms with E-state index in [1.54, 1.807) is 22.0 Å². The van der Waals surface area contributed by atoms with E-state index in [1.807, 2.05) is 19.0 Å². The second-order valence-corrected chi connectivity index (χ2v) is 7.97. The highest BCUT2D eigenvalue weighted by molar-refractivity contribution is 7.15. The minimum atomic E-state index is -4.41. The number of hydrogen-bond acceptors (Lipinski definition) is 4. The van der Waals surface area contributed by atoms with E-state index < -0.39 is 11.7 Å². The van der Waals surface area contributed by atoms with Crippen LogP contribution in [0.25, 0.3) is 16.2 Å². The van der Waals surface area contributed by atoms with Crippen molar-refractivity contribution in [3.05, 3.63) is 47.1 Å². The molecule has 3 heterocycles. The van der Waals surface area contributed by atoms with Gasteiger partial charge in [-0.15, -0.1) is 11.3 Å². The number of nitrogens with zero attached hydrogens (tertiary/aromatic N) is 4. The lowest BCUT2D eigenvalue weighted by molar-refractivity contribution is -0.137. The van der Waals surface area contributed by atoms with Gasteiger partial charge in [-0.25, -0.2) is 4.98 Å². The Hall–Kier alpha value is -2.39. The molecule has 28 heavy (non-hydrogen) atoms. The fraction of sp³-hybridized carbons (Fsp3) is 0.368. The average Bonchev–Trinajstić information content (AvgIpc) is 3.35. The molecule has 1 aliphatic heterocycles. The predicted molar refractivity (Wildman–Crippen MR) is 102 cm³/mol. The van der Waals surface area contributed by atoms with Crippen LogP contribution in [0.5, 0.6) is 0 Å². The fourth-order valence-corrected chi connectivity index (χ4v) is 4.29. The van der Waals surface area contributed by atoms with Gasteiger partial charge in [0.1, 0.15) is 5.69 Å². The van der Waals surface area contributed by atoms with Crippen molar-refractivity contribution in [3.63, 3.8) is 0 Å². The first-order valence-corrected chi connectivity index (χ1v) is 9.72. The smallest absolute Gasteiger partial charge is 0.336 e. The van der Waals surface area contributed by atoms with Crippen molar-refractivity contribution >= 4 is 22.2 Å². The van der Waals surface area contributed by atoms with Gasteiger partial charge in [-0.2, -0.15) is 13.2 Å². The number of halogens is 3. The third kappa shape index (κ3) is 3.40. The van der Waals surface area contributed by atoms with E-state index >= 15 is 0 Å². The molecular formula is C19H19F3N4OS. The summed E-state index contributed by atoms with van der Waals surface area (Å²) in [5, 5.41) is 1.75. The topological polar surface area (TPSA) is 40.8 Å². The average molecular weight is 408 g/mol. The molecule has 1 unspecified atom stereocenters. The Balaban J connectivity index is 1.64. The Kier molecular flexibility index (Phi) is 4.67. The Bertz CT molecular complexity index is 1020. The zero-order valence-corrected chi connectivity index (χ0v) is 16.2. The number of amides is 1. The van der Waals surface area contributed by atoms with Crippen molar-refractivity contribution in [3.8, 4) is 11.3 Å². The summed E-state index contributed by atoms with van der Waals surface area (Å²) in [5.41, 5.74) is 0.562. The Morgan fingerprint density at radius 2 is 2.11 bits per heavy atom. The van der Waals surface area contributed by atoms with Crippen molar-refractivity contribution in [2.45, 2.75) is 18.6 Å². The molecule has 0 N–H and O–H groups in total. The molecular weight excluding hydrogens is 389 g/mol. The maximum Gasteiger partial charge on any atom is 0.416 e. The molecule has 0 saturated carbocycles. The number of likely N-dealkylation sites (N-methyl/N-ethyl adjacent to an activating group) is 1. The summed E-state index contributed by atoms with van der Waals surface area (Å²) in [5.74, 6) is -0.0800. The van der Waals surface area contributed by atoms with Crippen LogP contribution < -0.4 is 0 Å². The fourth-order valence-electron chi connectivity index (χ4n) is 3.44. The van der Waals surface area contributed by atoms with E-state index in [0.717, 1.165) is 18.6 Å². The molecule has 1 saturated heterocycles. The van der Waals surface area contributed by atoms with E-state index in [0.29, 0.717) is 41.0 Å². The van der Waals surface area contributed by atoms with E-state index in [9.17, 15) is 18.0 Å². The monoisotopic (exact) mass is 408 g/mol. The number of likely N-dealkylation sites (tertiary alicyclic amines) is 1. The van der Waals surface area contributed by atoms with Gasteiger partial charge >= 0.3 is 6.18 Å². The summed E-state index contributed by atoms with van der Waals surface area (Å²) >= 11 is 1.31. The standard InChI is InChI=1S/C19H19F3N4OS/c1-24(2)14-6-7-25(9-14)17(27)16-11-28-18-23-15(10-26(16)18)12-4-3-5-13(8-12)19(20,21)22/h3-5,8,10-11,14H,6-7,9H2,1-2H3. The molecule has 2 aromatic heterocycles. The third-order valence-corrected chi connectivity index (χ3v) is 5.93. The van der Waals surface area contributed by atoms with Crippen LogP contribution in [0.1, 0.15) is 22.5 Å². The summed E-state index contributed by atoms with van der Waals surface area (Å²) in [7, 11) is 4.00. The van der Waals surface area contributed by atoms with Crippen molar-refractivity contribution in [2.24, 2.45) is 0 Å². The van der Waals surface area contributed by atoms with Crippen LogP contribution in [0.4, 0.5) is 13.2 Å². The predicted octanol–water partition coefficient (Wildman–Crippen LogP) is 3.86. The lowest BCUT2D eigenvalue weighted by atomic mass is 10.1. The molecule has 4 rings (SSSR count). The molecule has 0 bridgehead atoms. The van der Waals surface area contributed by atoms with E-state index in [2.05, 4.69) is 9.88 Å². The van der Waals surface area contributed by atoms with Gasteiger partial charge in [0.15, 0.2) is 4.96 Å². The van der Waals surface area contributed by atoms with E-state index in [-0.39, 0.29) is 5.91 Å². The highest BCUT2D eigenvalue weighted by atomic mass is 32.1. The van der Waals surface area contributed by atoms with E-state index in [4.69, 9.17) is 0 Å². The van der Waals surface area contributed by atoms with Crippen LogP contribution in [0.15, 0.2) is 35.8 Å². The van der Waals surface area contributed by atoms with Crippen molar-refractivity contribution < 1.29 is 18.0 Å². The first-order chi connectivity index (χ1) is 13.2. The minimum absolute atomic E-state index is 0.0800. The number of alkyl halides is 3. The van der Waals surface area contributed by atoms with E-state index in [1.165, 1.54) is 17.4 Å². The molecule has 1 aromatic carbocycles. The molecule has 1 aliphatic rings. The van der Waals surface area contributed by atoms with Crippen LogP contribution in [0.2, 0.25) is 0 Å². The maximum atomic E-state index is 13.0. The summed E-state index contributed by atoms with van der Waals surface area (Å²) in [6.07, 6.45) is -1.85. The molecule has 9 heteroatoms. The van der Waals surface area contributed by atoms with Gasteiger partial charge in [0.25, 0.3) is 5.91 Å². The second-order valence-electron chi connectivity index (χ2n) is 7.14. The Morgan fingerprint density at radius 1 is 1.32 bits per heavy atom. The number of carbonyl (C=O) groups excluding carboxylic acids is 1. The molecule has 148 valence electrons. The van der Waals surface area contributed by atoms with Gasteiger partial charge in [0, 0.05) is 36.3 Å². The quantitative estimate of drug-likeness (QED) is 0.661. The number of hydrogen-bond donors (Lipinski definition) is 0. The number of rotatable bonds is 3. The van der Waals surface area contributed by atoms with Crippen molar-refractivity contribution in [2.75, 3.05) is 27.2 Å². The normalized spacial score (nSPS) is 17.8. The SMILES string of the molecule is CN(C)C1CCN(C(=O)c2csc3nc(-c4cccc(C(F)(F)F)c4)cn23)C1. The third-order valence-electron chi connectivity index (χ3n) is 5.09. The van der Waals surface area contributed by atoms with Gasteiger partial charge in [0.2, 0.25) is 0 Å². The molecule has 0 radical (unpaired) electrons. The van der Waals surface area contributed by atoms with Crippen LogP contribution in [0.3, 0.4) is 0 Å². The first kappa shape index (κ1) is 18.9. The minimum Gasteiger partial charge on any atom is -0.336 e. The lowest BCUT2D eigenvalue weighted by Crippen LogP contribution is -2.34. The van der Waals surface area contributed by atoms with Crippen LogP contribution >= 0.6 is 11.3 Å². The molecule has 0 aliphatic carbocycles. The molecule has 5 nitrogen and oxygen atoms in total. The van der Waals surface area contributed by atoms with Gasteiger partial charge in [-0.3, -0.25) is 9.20 Å². The van der Waals surface area contributed by atoms with Crippen molar-refractivity contribution in [1.29, 1.82) is 0 Å². The van der Waals surface area contributed by atoms with Gasteiger partial charge in [0.05, 0.1) is 11.3 Å². The molecule has 3 aromatic rings. The molecule has 1 atom stereocenters. The zero-order valence-electron chi connectivity index (χ0n) is 15.4. The highest BCUT2D eigenvalue weighted by Crippen LogP contribution is 2.32. The van der Waals surface area contributed by atoms with Gasteiger partial charge < -0.3 is 9.80 Å². The van der Waals surface area contributed by atoms with Gasteiger partial charge in [-0.05, 0) is 32.6 Å². The number of carbonyl (C=O) groups is 1. The summed E-state index contributed by atoms with van der Waals surface area (Å²) < 4.78 is 40.6. The van der Waals surface area contributed by atoms with Crippen LogP contribution in [-0.2, 0) is 6.18 Å².